The van der Waals surface area contributed by atoms with Crippen molar-refractivity contribution in [2.45, 2.75) is 20.0 Å². The minimum atomic E-state index is -4.50. The molecule has 1 N–H and O–H groups in total. The molecule has 0 atom stereocenters. The van der Waals surface area contributed by atoms with E-state index in [2.05, 4.69) is 10.4 Å². The highest BCUT2D eigenvalue weighted by Gasteiger charge is 2.30. The number of amides is 1. The molecule has 150 valence electrons. The molecule has 1 amide bonds. The summed E-state index contributed by atoms with van der Waals surface area (Å²) in [4.78, 5) is 23.0. The Morgan fingerprint density at radius 1 is 1.17 bits per heavy atom. The molecule has 0 spiro atoms. The number of nitro benzene ring substituents is 1. The SMILES string of the molecule is Cc1ccc(NC(=O)c2cnn(-c3cccc(C(F)(F)F)c3)c2C)cc1[N+](=O)[O-]. The van der Waals surface area contributed by atoms with Crippen LogP contribution in [-0.4, -0.2) is 20.6 Å². The van der Waals surface area contributed by atoms with E-state index in [4.69, 9.17) is 0 Å². The zero-order valence-corrected chi connectivity index (χ0v) is 15.3. The van der Waals surface area contributed by atoms with E-state index in [0.717, 1.165) is 12.1 Å². The van der Waals surface area contributed by atoms with Gasteiger partial charge in [0.1, 0.15) is 0 Å². The van der Waals surface area contributed by atoms with Crippen molar-refractivity contribution in [3.63, 3.8) is 0 Å². The van der Waals surface area contributed by atoms with Crippen molar-refractivity contribution < 1.29 is 22.9 Å². The van der Waals surface area contributed by atoms with Crippen LogP contribution in [0.3, 0.4) is 0 Å². The number of carbonyl (C=O) groups excluding carboxylic acids is 1. The first kappa shape index (κ1) is 20.1. The second kappa shape index (κ2) is 7.38. The third kappa shape index (κ3) is 4.10. The van der Waals surface area contributed by atoms with Crippen LogP contribution in [0.1, 0.15) is 27.2 Å². The highest BCUT2D eigenvalue weighted by molar-refractivity contribution is 6.05. The second-order valence-electron chi connectivity index (χ2n) is 6.32. The summed E-state index contributed by atoms with van der Waals surface area (Å²) in [5.74, 6) is -0.584. The van der Waals surface area contributed by atoms with Gasteiger partial charge in [0.05, 0.1) is 33.6 Å². The maximum absolute atomic E-state index is 12.9. The third-order valence-electron chi connectivity index (χ3n) is 4.34. The van der Waals surface area contributed by atoms with E-state index in [1.807, 2.05) is 0 Å². The fourth-order valence-electron chi connectivity index (χ4n) is 2.79. The van der Waals surface area contributed by atoms with E-state index in [9.17, 15) is 28.1 Å². The van der Waals surface area contributed by atoms with Gasteiger partial charge in [-0.15, -0.1) is 0 Å². The summed E-state index contributed by atoms with van der Waals surface area (Å²) in [6, 6.07) is 8.84. The Kier molecular flexibility index (Phi) is 5.10. The molecule has 0 saturated carbocycles. The first-order chi connectivity index (χ1) is 13.6. The topological polar surface area (TPSA) is 90.1 Å². The largest absolute Gasteiger partial charge is 0.416 e. The average Bonchev–Trinajstić information content (AvgIpc) is 3.04. The molecular formula is C19H15F3N4O3. The van der Waals surface area contributed by atoms with Crippen molar-refractivity contribution in [3.05, 3.63) is 81.2 Å². The van der Waals surface area contributed by atoms with Crippen molar-refractivity contribution in [3.8, 4) is 5.69 Å². The highest BCUT2D eigenvalue weighted by atomic mass is 19.4. The number of aryl methyl sites for hydroxylation is 1. The lowest BCUT2D eigenvalue weighted by Gasteiger charge is -2.10. The molecule has 0 bridgehead atoms. The fraction of sp³-hybridized carbons (Fsp3) is 0.158. The number of halogens is 3. The molecule has 0 aliphatic heterocycles. The quantitative estimate of drug-likeness (QED) is 0.506. The molecule has 2 aromatic carbocycles. The maximum Gasteiger partial charge on any atom is 0.416 e. The molecule has 0 aliphatic carbocycles. The van der Waals surface area contributed by atoms with Crippen molar-refractivity contribution in [2.75, 3.05) is 5.32 Å². The molecule has 3 rings (SSSR count). The van der Waals surface area contributed by atoms with Crippen LogP contribution >= 0.6 is 0 Å². The maximum atomic E-state index is 12.9. The first-order valence-electron chi connectivity index (χ1n) is 8.36. The third-order valence-corrected chi connectivity index (χ3v) is 4.34. The summed E-state index contributed by atoms with van der Waals surface area (Å²) in [7, 11) is 0. The number of aromatic nitrogens is 2. The molecule has 0 fully saturated rings. The minimum absolute atomic E-state index is 0.130. The number of hydrogen-bond acceptors (Lipinski definition) is 4. The van der Waals surface area contributed by atoms with Gasteiger partial charge in [-0.25, -0.2) is 4.68 Å². The summed E-state index contributed by atoms with van der Waals surface area (Å²) in [6.45, 7) is 3.12. The number of carbonyl (C=O) groups is 1. The van der Waals surface area contributed by atoms with E-state index >= 15 is 0 Å². The lowest BCUT2D eigenvalue weighted by atomic mass is 10.1. The van der Waals surface area contributed by atoms with Gasteiger partial charge in [0.25, 0.3) is 11.6 Å². The van der Waals surface area contributed by atoms with Gasteiger partial charge in [0.2, 0.25) is 0 Å². The molecule has 29 heavy (non-hydrogen) atoms. The van der Waals surface area contributed by atoms with Crippen LogP contribution in [-0.2, 0) is 6.18 Å². The van der Waals surface area contributed by atoms with Crippen LogP contribution in [0.4, 0.5) is 24.5 Å². The molecule has 0 radical (unpaired) electrons. The van der Waals surface area contributed by atoms with Gasteiger partial charge < -0.3 is 5.32 Å². The van der Waals surface area contributed by atoms with E-state index in [0.29, 0.717) is 11.3 Å². The Morgan fingerprint density at radius 2 is 1.90 bits per heavy atom. The number of nitrogens with zero attached hydrogens (tertiary/aromatic N) is 3. The lowest BCUT2D eigenvalue weighted by Crippen LogP contribution is -2.13. The van der Waals surface area contributed by atoms with Crippen molar-refractivity contribution in [1.29, 1.82) is 0 Å². The van der Waals surface area contributed by atoms with Gasteiger partial charge in [-0.3, -0.25) is 14.9 Å². The molecule has 0 saturated heterocycles. The number of hydrogen-bond donors (Lipinski definition) is 1. The zero-order valence-electron chi connectivity index (χ0n) is 15.3. The van der Waals surface area contributed by atoms with Gasteiger partial charge in [-0.1, -0.05) is 12.1 Å². The van der Waals surface area contributed by atoms with Crippen molar-refractivity contribution in [2.24, 2.45) is 0 Å². The average molecular weight is 404 g/mol. The molecule has 1 aromatic heterocycles. The number of anilines is 1. The predicted octanol–water partition coefficient (Wildman–Crippen LogP) is 4.67. The molecule has 3 aromatic rings. The predicted molar refractivity (Wildman–Crippen MR) is 99.1 cm³/mol. The molecular weight excluding hydrogens is 389 g/mol. The van der Waals surface area contributed by atoms with E-state index < -0.39 is 22.6 Å². The van der Waals surface area contributed by atoms with Crippen LogP contribution < -0.4 is 5.32 Å². The Morgan fingerprint density at radius 3 is 2.55 bits per heavy atom. The minimum Gasteiger partial charge on any atom is -0.322 e. The summed E-state index contributed by atoms with van der Waals surface area (Å²) < 4.78 is 40.0. The number of nitrogens with one attached hydrogen (secondary N) is 1. The number of benzene rings is 2. The number of rotatable bonds is 4. The van der Waals surface area contributed by atoms with Gasteiger partial charge >= 0.3 is 6.18 Å². The zero-order chi connectivity index (χ0) is 21.3. The summed E-state index contributed by atoms with van der Waals surface area (Å²) >= 11 is 0. The Balaban J connectivity index is 1.89. The Hall–Kier alpha value is -3.69. The molecule has 7 nitrogen and oxygen atoms in total. The monoisotopic (exact) mass is 404 g/mol. The van der Waals surface area contributed by atoms with Crippen molar-refractivity contribution >= 4 is 17.3 Å². The van der Waals surface area contributed by atoms with Gasteiger partial charge in [-0.05, 0) is 38.1 Å². The normalized spacial score (nSPS) is 11.3. The Bertz CT molecular complexity index is 1110. The lowest BCUT2D eigenvalue weighted by molar-refractivity contribution is -0.385. The smallest absolute Gasteiger partial charge is 0.322 e. The number of nitro groups is 1. The first-order valence-corrected chi connectivity index (χ1v) is 8.36. The van der Waals surface area contributed by atoms with Crippen LogP contribution in [0.5, 0.6) is 0 Å². The fourth-order valence-corrected chi connectivity index (χ4v) is 2.79. The van der Waals surface area contributed by atoms with Gasteiger partial charge in [0.15, 0.2) is 0 Å². The van der Waals surface area contributed by atoms with E-state index in [1.54, 1.807) is 13.8 Å². The molecule has 10 heteroatoms. The van der Waals surface area contributed by atoms with E-state index in [-0.39, 0.29) is 22.6 Å². The van der Waals surface area contributed by atoms with E-state index in [1.165, 1.54) is 41.2 Å². The second-order valence-corrected chi connectivity index (χ2v) is 6.32. The molecule has 0 aliphatic rings. The summed E-state index contributed by atoms with van der Waals surface area (Å²) in [5, 5.41) is 17.6. The standard InChI is InChI=1S/C19H15F3N4O3/c1-11-6-7-14(9-17(11)26(28)29)24-18(27)16-10-23-25(12(16)2)15-5-3-4-13(8-15)19(20,21)22/h3-10H,1-2H3,(H,24,27). The Labute approximate surface area is 162 Å². The van der Waals surface area contributed by atoms with Crippen LogP contribution in [0.2, 0.25) is 0 Å². The highest BCUT2D eigenvalue weighted by Crippen LogP contribution is 2.30. The van der Waals surface area contributed by atoms with Gasteiger partial charge in [0, 0.05) is 17.3 Å². The van der Waals surface area contributed by atoms with Crippen LogP contribution in [0.25, 0.3) is 5.69 Å². The summed E-state index contributed by atoms with van der Waals surface area (Å²) in [5.41, 5.74) is 0.304. The van der Waals surface area contributed by atoms with Crippen LogP contribution in [0, 0.1) is 24.0 Å². The number of alkyl halides is 3. The van der Waals surface area contributed by atoms with Gasteiger partial charge in [-0.2, -0.15) is 18.3 Å². The summed E-state index contributed by atoms with van der Waals surface area (Å²) in [6.07, 6.45) is -3.27. The van der Waals surface area contributed by atoms with Crippen LogP contribution in [0.15, 0.2) is 48.7 Å². The molecule has 1 heterocycles. The van der Waals surface area contributed by atoms with Crippen molar-refractivity contribution in [1.82, 2.24) is 9.78 Å². The molecule has 0 unspecified atom stereocenters.